The van der Waals surface area contributed by atoms with Crippen LogP contribution in [0.2, 0.25) is 0 Å². The molecule has 0 spiro atoms. The molecule has 0 aliphatic heterocycles. The van der Waals surface area contributed by atoms with Crippen LogP contribution in [0.5, 0.6) is 0 Å². The quantitative estimate of drug-likeness (QED) is 0.136. The molecular weight excluding hydrogens is 542 g/mol. The number of rotatable bonds is 15. The summed E-state index contributed by atoms with van der Waals surface area (Å²) in [6.07, 6.45) is 14.2. The summed E-state index contributed by atoms with van der Waals surface area (Å²) in [6, 6.07) is 9.21. The number of amides is 2. The van der Waals surface area contributed by atoms with Crippen LogP contribution in [-0.2, 0) is 22.4 Å². The van der Waals surface area contributed by atoms with E-state index in [2.05, 4.69) is 103 Å². The summed E-state index contributed by atoms with van der Waals surface area (Å²) in [4.78, 5) is 22.6. The van der Waals surface area contributed by atoms with Crippen molar-refractivity contribution in [2.45, 2.75) is 152 Å². The number of hydrogen-bond acceptors (Lipinski definition) is 3. The average molecular weight is 614 g/mol. The van der Waals surface area contributed by atoms with Crippen LogP contribution in [0.4, 0.5) is 0 Å². The first-order valence-corrected chi connectivity index (χ1v) is 18.0. The Balaban J connectivity index is 0.000000684. The molecule has 0 bridgehead atoms. The summed E-state index contributed by atoms with van der Waals surface area (Å²) < 4.78 is 0. The van der Waals surface area contributed by atoms with Crippen LogP contribution < -0.4 is 16.0 Å². The number of hydrogen-bond donors (Lipinski definition) is 3. The third-order valence-electron chi connectivity index (χ3n) is 7.86. The van der Waals surface area contributed by atoms with E-state index in [0.717, 1.165) is 49.5 Å². The lowest BCUT2D eigenvalue weighted by atomic mass is 9.85. The Labute approximate surface area is 273 Å². The molecule has 44 heavy (non-hydrogen) atoms. The second-order valence-electron chi connectivity index (χ2n) is 13.5. The summed E-state index contributed by atoms with van der Waals surface area (Å²) >= 11 is 0. The predicted molar refractivity (Wildman–Crippen MR) is 192 cm³/mol. The Hall–Kier alpha value is -2.14. The highest BCUT2D eigenvalue weighted by Crippen LogP contribution is 2.39. The standard InChI is InChI=1S/C17H26N2O2.C13H23N.C5H12.C4H10/c1-3-8-14-9-5-6-10-15(14)11-7-12-18-17(21)13-19-16(20)4-2;1-3-9-14-13(12-7-8-12)10(2)11-5-4-6-11;1-4-5(2)3;1-4(2)3/h5-6,9-10H,3-4,7-8,11-13H2,1-2H3,(H,18,21)(H,19,20);12-14H,3-9H2,1-2H3;5H,4H2,1-3H3;4H,1-3H3. The van der Waals surface area contributed by atoms with Crippen LogP contribution in [0.3, 0.4) is 0 Å². The smallest absolute Gasteiger partial charge is 0.239 e. The number of carbonyl (C=O) groups excluding carboxylic acids is 2. The molecule has 0 radical (unpaired) electrons. The maximum Gasteiger partial charge on any atom is 0.239 e. The number of benzene rings is 1. The topological polar surface area (TPSA) is 70.2 Å². The van der Waals surface area contributed by atoms with Crippen molar-refractivity contribution in [3.63, 3.8) is 0 Å². The molecule has 3 N–H and O–H groups in total. The van der Waals surface area contributed by atoms with E-state index in [-0.39, 0.29) is 18.4 Å². The first-order valence-electron chi connectivity index (χ1n) is 18.0. The Morgan fingerprint density at radius 1 is 0.818 bits per heavy atom. The Morgan fingerprint density at radius 3 is 1.82 bits per heavy atom. The molecule has 2 saturated carbocycles. The molecule has 5 heteroatoms. The van der Waals surface area contributed by atoms with Gasteiger partial charge in [-0.2, -0.15) is 0 Å². The second kappa shape index (κ2) is 26.1. The minimum Gasteiger partial charge on any atom is -0.355 e. The minimum atomic E-state index is -0.126. The lowest BCUT2D eigenvalue weighted by Crippen LogP contribution is -2.37. The molecule has 254 valence electrons. The molecule has 0 aromatic heterocycles. The van der Waals surface area contributed by atoms with Gasteiger partial charge in [0, 0.05) is 19.0 Å². The van der Waals surface area contributed by atoms with Gasteiger partial charge in [0.1, 0.15) is 0 Å². The molecule has 1 aromatic carbocycles. The maximum absolute atomic E-state index is 11.5. The lowest BCUT2D eigenvalue weighted by molar-refractivity contribution is -0.125. The van der Waals surface area contributed by atoms with Crippen molar-refractivity contribution in [3.8, 4) is 0 Å². The van der Waals surface area contributed by atoms with Crippen molar-refractivity contribution < 1.29 is 9.59 Å². The molecule has 5 nitrogen and oxygen atoms in total. The fourth-order valence-electron chi connectivity index (χ4n) is 4.56. The van der Waals surface area contributed by atoms with Gasteiger partial charge in [-0.3, -0.25) is 9.59 Å². The van der Waals surface area contributed by atoms with E-state index >= 15 is 0 Å². The molecule has 1 atom stereocenters. The Kier molecular flexibility index (Phi) is 24.8. The monoisotopic (exact) mass is 614 g/mol. The van der Waals surface area contributed by atoms with Gasteiger partial charge in [-0.1, -0.05) is 111 Å². The zero-order valence-electron chi connectivity index (χ0n) is 30.5. The number of carbonyl (C=O) groups is 2. The van der Waals surface area contributed by atoms with E-state index in [1.54, 1.807) is 18.1 Å². The number of allylic oxidation sites excluding steroid dienone is 1. The van der Waals surface area contributed by atoms with Crippen molar-refractivity contribution in [3.05, 3.63) is 46.5 Å². The predicted octanol–water partition coefficient (Wildman–Crippen LogP) is 9.19. The Bertz CT molecular complexity index is 909. The van der Waals surface area contributed by atoms with E-state index in [1.807, 2.05) is 0 Å². The van der Waals surface area contributed by atoms with Gasteiger partial charge in [0.05, 0.1) is 6.54 Å². The van der Waals surface area contributed by atoms with Crippen molar-refractivity contribution in [1.82, 2.24) is 16.0 Å². The average Bonchev–Trinajstić information content (AvgIpc) is 3.80. The van der Waals surface area contributed by atoms with E-state index in [1.165, 1.54) is 62.6 Å². The molecule has 1 unspecified atom stereocenters. The SMILES string of the molecule is CC(C)C.CCC(C)C.CCCNC(C(C)=C1CCC1)C1CC1.CCCc1ccccc1CCCNC(=O)CNC(=O)CC. The maximum atomic E-state index is 11.5. The summed E-state index contributed by atoms with van der Waals surface area (Å²) in [5.74, 6) is 2.46. The van der Waals surface area contributed by atoms with E-state index in [0.29, 0.717) is 13.0 Å². The van der Waals surface area contributed by atoms with E-state index in [4.69, 9.17) is 0 Å². The summed E-state index contributed by atoms with van der Waals surface area (Å²) in [7, 11) is 0. The third-order valence-corrected chi connectivity index (χ3v) is 7.86. The van der Waals surface area contributed by atoms with Crippen LogP contribution >= 0.6 is 0 Å². The normalized spacial score (nSPS) is 14.1. The fraction of sp³-hybridized carbons (Fsp3) is 0.744. The first-order chi connectivity index (χ1) is 21.0. The summed E-state index contributed by atoms with van der Waals surface area (Å²) in [6.45, 7) is 23.6. The van der Waals surface area contributed by atoms with Crippen LogP contribution in [0.25, 0.3) is 0 Å². The molecule has 1 aromatic rings. The zero-order valence-corrected chi connectivity index (χ0v) is 30.5. The van der Waals surface area contributed by atoms with Crippen molar-refractivity contribution >= 4 is 11.8 Å². The molecule has 0 saturated heterocycles. The van der Waals surface area contributed by atoms with Gasteiger partial charge in [0.15, 0.2) is 0 Å². The minimum absolute atomic E-state index is 0.0685. The molecule has 2 amide bonds. The van der Waals surface area contributed by atoms with Crippen LogP contribution in [0.1, 0.15) is 145 Å². The summed E-state index contributed by atoms with van der Waals surface area (Å²) in [5.41, 5.74) is 6.21. The highest BCUT2D eigenvalue weighted by atomic mass is 16.2. The van der Waals surface area contributed by atoms with E-state index in [9.17, 15) is 9.59 Å². The van der Waals surface area contributed by atoms with Crippen molar-refractivity contribution in [2.24, 2.45) is 17.8 Å². The van der Waals surface area contributed by atoms with Gasteiger partial charge in [0.25, 0.3) is 0 Å². The third kappa shape index (κ3) is 21.5. The first kappa shape index (κ1) is 41.9. The van der Waals surface area contributed by atoms with Gasteiger partial charge in [-0.05, 0) is 100 Å². The molecule has 3 rings (SSSR count). The lowest BCUT2D eigenvalue weighted by Gasteiger charge is -2.27. The van der Waals surface area contributed by atoms with Crippen LogP contribution in [0.15, 0.2) is 35.4 Å². The Morgan fingerprint density at radius 2 is 1.39 bits per heavy atom. The largest absolute Gasteiger partial charge is 0.355 e. The van der Waals surface area contributed by atoms with E-state index < -0.39 is 0 Å². The highest BCUT2D eigenvalue weighted by Gasteiger charge is 2.33. The molecule has 2 aliphatic rings. The molecule has 2 fully saturated rings. The van der Waals surface area contributed by atoms with Gasteiger partial charge >= 0.3 is 0 Å². The van der Waals surface area contributed by atoms with Gasteiger partial charge in [-0.25, -0.2) is 0 Å². The van der Waals surface area contributed by atoms with Crippen LogP contribution in [-0.4, -0.2) is 37.5 Å². The van der Waals surface area contributed by atoms with Crippen LogP contribution in [0, 0.1) is 17.8 Å². The van der Waals surface area contributed by atoms with Gasteiger partial charge in [0.2, 0.25) is 11.8 Å². The molecule has 0 heterocycles. The molecular formula is C39H71N3O2. The molecule has 2 aliphatic carbocycles. The number of nitrogens with one attached hydrogen (secondary N) is 3. The van der Waals surface area contributed by atoms with Crippen molar-refractivity contribution in [2.75, 3.05) is 19.6 Å². The second-order valence-corrected chi connectivity index (χ2v) is 13.5. The van der Waals surface area contributed by atoms with Gasteiger partial charge in [-0.15, -0.1) is 0 Å². The van der Waals surface area contributed by atoms with Gasteiger partial charge < -0.3 is 16.0 Å². The highest BCUT2D eigenvalue weighted by molar-refractivity contribution is 5.84. The fourth-order valence-corrected chi connectivity index (χ4v) is 4.56. The summed E-state index contributed by atoms with van der Waals surface area (Å²) in [5, 5.41) is 9.12. The number of aryl methyl sites for hydroxylation is 2. The zero-order chi connectivity index (χ0) is 33.3. The van der Waals surface area contributed by atoms with Crippen molar-refractivity contribution in [1.29, 1.82) is 0 Å².